The number of aryl methyl sites for hydroxylation is 1. The summed E-state index contributed by atoms with van der Waals surface area (Å²) in [7, 11) is 0. The molecule has 1 saturated heterocycles. The maximum Gasteiger partial charge on any atom is 0.293 e. The fourth-order valence-corrected chi connectivity index (χ4v) is 3.67. The minimum atomic E-state index is -0.191. The van der Waals surface area contributed by atoms with Gasteiger partial charge in [-0.1, -0.05) is 29.3 Å². The number of hydrogen-bond acceptors (Lipinski definition) is 4. The van der Waals surface area contributed by atoms with E-state index < -0.39 is 0 Å². The molecule has 1 aliphatic rings. The number of nitrogens with zero attached hydrogens (tertiary/aromatic N) is 4. The van der Waals surface area contributed by atoms with Crippen LogP contribution in [-0.2, 0) is 0 Å². The molecule has 1 aromatic heterocycles. The van der Waals surface area contributed by atoms with Gasteiger partial charge in [0, 0.05) is 12.6 Å². The van der Waals surface area contributed by atoms with Crippen LogP contribution in [0.5, 0.6) is 0 Å². The quantitative estimate of drug-likeness (QED) is 0.852. The lowest BCUT2D eigenvalue weighted by molar-refractivity contribution is 0.0731. The van der Waals surface area contributed by atoms with E-state index in [1.54, 1.807) is 30.0 Å². The van der Waals surface area contributed by atoms with Crippen LogP contribution >= 0.6 is 35.6 Å². The lowest BCUT2D eigenvalue weighted by atomic mass is 10.1. The van der Waals surface area contributed by atoms with Crippen molar-refractivity contribution in [3.8, 4) is 5.69 Å². The minimum Gasteiger partial charge on any atom is -0.333 e. The van der Waals surface area contributed by atoms with E-state index >= 15 is 0 Å². The van der Waals surface area contributed by atoms with Crippen LogP contribution in [0.1, 0.15) is 29.8 Å². The van der Waals surface area contributed by atoms with Gasteiger partial charge in [0.25, 0.3) is 5.91 Å². The zero-order valence-corrected chi connectivity index (χ0v) is 16.3. The number of para-hydroxylation sites is 1. The summed E-state index contributed by atoms with van der Waals surface area (Å²) in [6.45, 7) is 4.99. The van der Waals surface area contributed by atoms with E-state index in [-0.39, 0.29) is 30.2 Å². The fraction of sp³-hybridized carbons (Fsp3) is 0.438. The Morgan fingerprint density at radius 1 is 1.36 bits per heavy atom. The summed E-state index contributed by atoms with van der Waals surface area (Å²) in [5.74, 6) is 0.831. The number of likely N-dealkylation sites (tertiary alicyclic amines) is 1. The van der Waals surface area contributed by atoms with E-state index in [1.165, 1.54) is 4.68 Å². The normalized spacial score (nSPS) is 19.8. The fourth-order valence-electron chi connectivity index (χ4n) is 3.11. The van der Waals surface area contributed by atoms with Crippen molar-refractivity contribution < 1.29 is 4.79 Å². The Bertz CT molecular complexity index is 759. The second kappa shape index (κ2) is 7.91. The minimum absolute atomic E-state index is 0. The summed E-state index contributed by atoms with van der Waals surface area (Å²) in [5.41, 5.74) is 6.26. The maximum atomic E-state index is 12.8. The lowest BCUT2D eigenvalue weighted by Crippen LogP contribution is -2.35. The number of aromatic nitrogens is 3. The summed E-state index contributed by atoms with van der Waals surface area (Å²) in [4.78, 5) is 18.9. The molecule has 1 fully saturated rings. The molecule has 2 heterocycles. The summed E-state index contributed by atoms with van der Waals surface area (Å²) in [6.07, 6.45) is 0.901. The monoisotopic (exact) mass is 403 g/mol. The maximum absolute atomic E-state index is 12.8. The molecule has 136 valence electrons. The highest BCUT2D eigenvalue weighted by atomic mass is 35.5. The van der Waals surface area contributed by atoms with E-state index in [4.69, 9.17) is 28.9 Å². The topological polar surface area (TPSA) is 77.0 Å². The molecule has 2 atom stereocenters. The molecule has 2 N–H and O–H groups in total. The third kappa shape index (κ3) is 3.77. The van der Waals surface area contributed by atoms with Crippen LogP contribution in [-0.4, -0.2) is 44.7 Å². The first-order valence-corrected chi connectivity index (χ1v) is 8.57. The highest BCUT2D eigenvalue weighted by molar-refractivity contribution is 6.37. The molecular formula is C16H20Cl3N5O. The standard InChI is InChI=1S/C16H19Cl2N5O.ClH/c1-9-6-11(7-19)8-22(9)16(24)15-20-10(2)23(21-15)14-12(17)4-3-5-13(14)18;/h3-5,9,11H,6-8,19H2,1-2H3;1H. The molecule has 3 rings (SSSR count). The Hall–Kier alpha value is -1.34. The van der Waals surface area contributed by atoms with Gasteiger partial charge < -0.3 is 10.6 Å². The van der Waals surface area contributed by atoms with Crippen molar-refractivity contribution in [1.82, 2.24) is 19.7 Å². The van der Waals surface area contributed by atoms with Gasteiger partial charge in [0.15, 0.2) is 0 Å². The molecule has 0 aliphatic carbocycles. The van der Waals surface area contributed by atoms with Crippen LogP contribution in [0.25, 0.3) is 5.69 Å². The number of carbonyl (C=O) groups is 1. The number of hydrogen-bond donors (Lipinski definition) is 1. The van der Waals surface area contributed by atoms with Crippen LogP contribution in [0.4, 0.5) is 0 Å². The molecular weight excluding hydrogens is 385 g/mol. The molecule has 1 aliphatic heterocycles. The van der Waals surface area contributed by atoms with Gasteiger partial charge in [-0.2, -0.15) is 0 Å². The van der Waals surface area contributed by atoms with Crippen molar-refractivity contribution in [1.29, 1.82) is 0 Å². The van der Waals surface area contributed by atoms with Gasteiger partial charge in [-0.3, -0.25) is 4.79 Å². The first-order chi connectivity index (χ1) is 11.4. The Balaban J connectivity index is 0.00000225. The second-order valence-electron chi connectivity index (χ2n) is 6.11. The molecule has 6 nitrogen and oxygen atoms in total. The molecule has 0 saturated carbocycles. The van der Waals surface area contributed by atoms with Crippen LogP contribution in [0.15, 0.2) is 18.2 Å². The van der Waals surface area contributed by atoms with E-state index in [2.05, 4.69) is 10.1 Å². The molecule has 1 amide bonds. The molecule has 2 aromatic rings. The van der Waals surface area contributed by atoms with E-state index in [0.29, 0.717) is 40.6 Å². The molecule has 9 heteroatoms. The number of rotatable bonds is 3. The van der Waals surface area contributed by atoms with E-state index in [1.807, 2.05) is 6.92 Å². The largest absolute Gasteiger partial charge is 0.333 e. The Labute approximate surface area is 162 Å². The van der Waals surface area contributed by atoms with Crippen LogP contribution in [0.3, 0.4) is 0 Å². The van der Waals surface area contributed by atoms with Gasteiger partial charge >= 0.3 is 0 Å². The number of amides is 1. The highest BCUT2D eigenvalue weighted by Gasteiger charge is 2.34. The van der Waals surface area contributed by atoms with Crippen LogP contribution < -0.4 is 5.73 Å². The molecule has 0 spiro atoms. The van der Waals surface area contributed by atoms with Crippen LogP contribution in [0, 0.1) is 12.8 Å². The predicted molar refractivity (Wildman–Crippen MR) is 101 cm³/mol. The highest BCUT2D eigenvalue weighted by Crippen LogP contribution is 2.29. The first-order valence-electron chi connectivity index (χ1n) is 7.81. The molecule has 1 aromatic carbocycles. The van der Waals surface area contributed by atoms with Crippen molar-refractivity contribution in [3.63, 3.8) is 0 Å². The number of nitrogens with two attached hydrogens (primary N) is 1. The van der Waals surface area contributed by atoms with Gasteiger partial charge in [-0.15, -0.1) is 17.5 Å². The van der Waals surface area contributed by atoms with Crippen molar-refractivity contribution in [2.45, 2.75) is 26.3 Å². The predicted octanol–water partition coefficient (Wildman–Crippen LogP) is 3.11. The number of benzene rings is 1. The Kier molecular flexibility index (Phi) is 6.32. The smallest absolute Gasteiger partial charge is 0.293 e. The van der Waals surface area contributed by atoms with E-state index in [9.17, 15) is 4.79 Å². The van der Waals surface area contributed by atoms with Crippen molar-refractivity contribution >= 4 is 41.5 Å². The average molecular weight is 405 g/mol. The van der Waals surface area contributed by atoms with Gasteiger partial charge in [-0.25, -0.2) is 9.67 Å². The SMILES string of the molecule is Cc1nc(C(=O)N2CC(CN)CC2C)nn1-c1c(Cl)cccc1Cl.Cl. The molecule has 2 unspecified atom stereocenters. The summed E-state index contributed by atoms with van der Waals surface area (Å²) < 4.78 is 1.51. The van der Waals surface area contributed by atoms with Gasteiger partial charge in [-0.05, 0) is 44.9 Å². The Morgan fingerprint density at radius 3 is 2.56 bits per heavy atom. The zero-order valence-electron chi connectivity index (χ0n) is 13.9. The molecule has 25 heavy (non-hydrogen) atoms. The number of halogens is 3. The van der Waals surface area contributed by atoms with Crippen molar-refractivity contribution in [3.05, 3.63) is 39.9 Å². The second-order valence-corrected chi connectivity index (χ2v) is 6.92. The molecule has 0 radical (unpaired) electrons. The average Bonchev–Trinajstić information content (AvgIpc) is 3.10. The zero-order chi connectivity index (χ0) is 17.4. The first kappa shape index (κ1) is 20.0. The lowest BCUT2D eigenvalue weighted by Gasteiger charge is -2.19. The summed E-state index contributed by atoms with van der Waals surface area (Å²) >= 11 is 12.5. The Morgan fingerprint density at radius 2 is 2.00 bits per heavy atom. The van der Waals surface area contributed by atoms with Gasteiger partial charge in [0.05, 0.1) is 10.0 Å². The third-order valence-corrected chi connectivity index (χ3v) is 4.98. The van der Waals surface area contributed by atoms with E-state index in [0.717, 1.165) is 6.42 Å². The van der Waals surface area contributed by atoms with Crippen molar-refractivity contribution in [2.24, 2.45) is 11.7 Å². The van der Waals surface area contributed by atoms with Crippen LogP contribution in [0.2, 0.25) is 10.0 Å². The summed E-state index contributed by atoms with van der Waals surface area (Å²) in [6, 6.07) is 5.33. The van der Waals surface area contributed by atoms with Gasteiger partial charge in [0.1, 0.15) is 11.5 Å². The third-order valence-electron chi connectivity index (χ3n) is 4.37. The van der Waals surface area contributed by atoms with Gasteiger partial charge in [0.2, 0.25) is 5.82 Å². The van der Waals surface area contributed by atoms with Crippen molar-refractivity contribution in [2.75, 3.05) is 13.1 Å². The molecule has 0 bridgehead atoms. The number of carbonyl (C=O) groups excluding carboxylic acids is 1. The summed E-state index contributed by atoms with van der Waals surface area (Å²) in [5, 5.41) is 5.25.